The van der Waals surface area contributed by atoms with E-state index >= 15 is 0 Å². The lowest BCUT2D eigenvalue weighted by Crippen LogP contribution is -2.61. The lowest BCUT2D eigenvalue weighted by atomic mass is 10.0. The van der Waals surface area contributed by atoms with Gasteiger partial charge in [0.05, 0.1) is 19.4 Å². The molecule has 0 heterocycles. The van der Waals surface area contributed by atoms with E-state index in [1.165, 1.54) is 0 Å². The monoisotopic (exact) mass is 1180 g/mol. The molecule has 0 aliphatic rings. The minimum atomic E-state index is -2.18. The van der Waals surface area contributed by atoms with Crippen LogP contribution in [0.1, 0.15) is 90.4 Å². The van der Waals surface area contributed by atoms with E-state index in [1.807, 2.05) is 10.6 Å². The molecule has 11 amide bonds. The van der Waals surface area contributed by atoms with Crippen LogP contribution in [-0.4, -0.2) is 212 Å². The Kier molecular flexibility index (Phi) is 33.8. The smallest absolute Gasteiger partial charge is 0.305 e. The second kappa shape index (κ2) is 38.2. The van der Waals surface area contributed by atoms with Crippen LogP contribution in [0.4, 0.5) is 0 Å². The van der Waals surface area contributed by atoms with Crippen molar-refractivity contribution in [2.75, 3.05) is 26.3 Å². The summed E-state index contributed by atoms with van der Waals surface area (Å²) < 4.78 is 0. The SMILES string of the molecule is CC(=O)N[C@H](CO)C(=O)N[C@H](CCC(=O)O)C(=O)N[C@H](CC(=O)O)C(=O)N[C@H](CC(N)=O)C(=O)N[C@H](CCCNC(=N)N)C(=O)N[C@H](CCO)C(=O)N[C@H](CCC(=O)O)C(=O)N[C@H](CCC(=O)O)C(=O)N[C@H](CCCNC(=N)N)C(N)=O. The van der Waals surface area contributed by atoms with E-state index in [0.717, 1.165) is 6.92 Å². The highest BCUT2D eigenvalue weighted by atomic mass is 16.4. The zero-order chi connectivity index (χ0) is 62.8. The number of carboxylic acid groups (broad SMARTS) is 4. The first kappa shape index (κ1) is 72.5. The first-order valence-electron chi connectivity index (χ1n) is 24.8. The highest BCUT2D eigenvalue weighted by Gasteiger charge is 2.36. The van der Waals surface area contributed by atoms with Gasteiger partial charge in [-0.1, -0.05) is 0 Å². The number of nitrogens with two attached hydrogens (primary N) is 4. The molecule has 38 heteroatoms. The van der Waals surface area contributed by atoms with Crippen molar-refractivity contribution in [3.05, 3.63) is 0 Å². The standard InChI is InChI=1S/C44H73N17O21/c1-19(64)53-28(18-63)42(82)58-24(8-11-32(70)71)38(78)61-27(17-33(72)73)41(81)60-26(16-29(45)65)40(80)55-21(5-3-14-52-44(49)50)35(75)59-25(12-15-62)39(79)57-23(7-10-31(68)69)37(77)56-22(6-9-30(66)67)36(76)54-20(34(46)74)4-2-13-51-43(47)48/h20-28,62-63H,2-18H2,1H3,(H2,45,65)(H2,46,74)(H,53,64)(H,54,76)(H,55,80)(H,56,77)(H,57,79)(H,58,82)(H,59,75)(H,60,81)(H,61,78)(H,66,67)(H,68,69)(H,70,71)(H,72,73)(H4,47,48,51)(H4,49,50,52)/t20-,21-,22-,23-,24-,25-,26-,27-,28-/m1/s1. The number of hydrogen-bond acceptors (Lipinski definition) is 19. The van der Waals surface area contributed by atoms with Crippen molar-refractivity contribution in [2.45, 2.75) is 145 Å². The van der Waals surface area contributed by atoms with Crippen molar-refractivity contribution in [1.29, 1.82) is 10.8 Å². The minimum Gasteiger partial charge on any atom is -0.481 e. The molecule has 0 aromatic carbocycles. The van der Waals surface area contributed by atoms with E-state index in [-0.39, 0.29) is 32.4 Å². The Hall–Kier alpha value is -9.49. The maximum Gasteiger partial charge on any atom is 0.305 e. The summed E-state index contributed by atoms with van der Waals surface area (Å²) in [5.74, 6) is -20.8. The molecule has 38 nitrogen and oxygen atoms in total. The number of primary amides is 2. The molecule has 0 fully saturated rings. The van der Waals surface area contributed by atoms with E-state index in [4.69, 9.17) is 33.8 Å². The molecule has 0 unspecified atom stereocenters. The van der Waals surface area contributed by atoms with Crippen LogP contribution in [0.2, 0.25) is 0 Å². The summed E-state index contributed by atoms with van der Waals surface area (Å²) in [6.07, 6.45) is -8.01. The minimum absolute atomic E-state index is 0.0669. The topological polar surface area (TPSA) is 662 Å². The van der Waals surface area contributed by atoms with Gasteiger partial charge in [0.15, 0.2) is 11.9 Å². The molecule has 0 rings (SSSR count). The predicted octanol–water partition coefficient (Wildman–Crippen LogP) is -10.3. The van der Waals surface area contributed by atoms with Crippen molar-refractivity contribution in [3.63, 3.8) is 0 Å². The van der Waals surface area contributed by atoms with Gasteiger partial charge >= 0.3 is 23.9 Å². The Morgan fingerprint density at radius 3 is 0.963 bits per heavy atom. The van der Waals surface area contributed by atoms with Gasteiger partial charge in [-0.2, -0.15) is 0 Å². The second-order valence-corrected chi connectivity index (χ2v) is 17.9. The molecule has 0 aromatic heterocycles. The van der Waals surface area contributed by atoms with E-state index in [1.54, 1.807) is 0 Å². The Morgan fingerprint density at radius 1 is 0.378 bits per heavy atom. The number of guanidine groups is 2. The number of hydrogen-bond donors (Lipinski definition) is 23. The molecule has 0 saturated carbocycles. The number of nitrogens with one attached hydrogen (secondary N) is 13. The summed E-state index contributed by atoms with van der Waals surface area (Å²) in [5, 5.41) is 96.0. The van der Waals surface area contributed by atoms with Crippen LogP contribution >= 0.6 is 0 Å². The number of aliphatic hydroxyl groups is 2. The molecule has 27 N–H and O–H groups in total. The van der Waals surface area contributed by atoms with Crippen LogP contribution in [-0.2, 0) is 71.9 Å². The summed E-state index contributed by atoms with van der Waals surface area (Å²) in [5.41, 5.74) is 21.3. The molecule has 460 valence electrons. The van der Waals surface area contributed by atoms with Gasteiger partial charge in [0.2, 0.25) is 65.0 Å². The Labute approximate surface area is 465 Å². The van der Waals surface area contributed by atoms with Crippen LogP contribution in [0, 0.1) is 10.8 Å². The van der Waals surface area contributed by atoms with Crippen LogP contribution < -0.4 is 81.4 Å². The van der Waals surface area contributed by atoms with E-state index in [0.29, 0.717) is 0 Å². The predicted molar refractivity (Wildman–Crippen MR) is 276 cm³/mol. The van der Waals surface area contributed by atoms with Gasteiger partial charge in [0.1, 0.15) is 54.4 Å². The zero-order valence-electron chi connectivity index (χ0n) is 44.3. The first-order chi connectivity index (χ1) is 38.3. The first-order valence-corrected chi connectivity index (χ1v) is 24.8. The Bertz CT molecular complexity index is 2340. The number of aliphatic hydroxyl groups excluding tert-OH is 2. The lowest BCUT2D eigenvalue weighted by molar-refractivity contribution is -0.142. The van der Waals surface area contributed by atoms with Crippen molar-refractivity contribution < 1.29 is 103 Å². The van der Waals surface area contributed by atoms with E-state index in [9.17, 15) is 103 Å². The van der Waals surface area contributed by atoms with E-state index in [2.05, 4.69) is 47.9 Å². The van der Waals surface area contributed by atoms with Crippen molar-refractivity contribution in [3.8, 4) is 0 Å². The van der Waals surface area contributed by atoms with Crippen LogP contribution in [0.15, 0.2) is 0 Å². The summed E-state index contributed by atoms with van der Waals surface area (Å²) >= 11 is 0. The summed E-state index contributed by atoms with van der Waals surface area (Å²) in [7, 11) is 0. The normalized spacial score (nSPS) is 13.9. The number of carbonyl (C=O) groups is 15. The zero-order valence-corrected chi connectivity index (χ0v) is 44.3. The number of carbonyl (C=O) groups excluding carboxylic acids is 11. The van der Waals surface area contributed by atoms with Gasteiger partial charge in [-0.05, 0) is 51.4 Å². The molecule has 0 aliphatic carbocycles. The average molecular weight is 1180 g/mol. The van der Waals surface area contributed by atoms with Gasteiger partial charge < -0.3 is 112 Å². The van der Waals surface area contributed by atoms with E-state index < -0.39 is 233 Å². The molecule has 0 aliphatic heterocycles. The number of rotatable bonds is 42. The molecule has 82 heavy (non-hydrogen) atoms. The average Bonchev–Trinajstić information content (AvgIpc) is 3.46. The van der Waals surface area contributed by atoms with Gasteiger partial charge in [-0.15, -0.1) is 0 Å². The molecule has 0 spiro atoms. The molecule has 0 radical (unpaired) electrons. The van der Waals surface area contributed by atoms with Gasteiger partial charge in [0.25, 0.3) is 0 Å². The van der Waals surface area contributed by atoms with Crippen molar-refractivity contribution in [1.82, 2.24) is 58.5 Å². The Balaban J connectivity index is 6.94. The third kappa shape index (κ3) is 31.2. The number of carboxylic acids is 4. The maximum absolute atomic E-state index is 14.0. The fraction of sp³-hybridized carbons (Fsp3) is 0.614. The number of aliphatic carboxylic acids is 4. The highest BCUT2D eigenvalue weighted by Crippen LogP contribution is 2.09. The van der Waals surface area contributed by atoms with Crippen molar-refractivity contribution >= 4 is 101 Å². The van der Waals surface area contributed by atoms with Gasteiger partial charge in [-0.3, -0.25) is 82.7 Å². The highest BCUT2D eigenvalue weighted by molar-refractivity contribution is 6.00. The van der Waals surface area contributed by atoms with Crippen molar-refractivity contribution in [2.24, 2.45) is 22.9 Å². The van der Waals surface area contributed by atoms with Crippen LogP contribution in [0.3, 0.4) is 0 Å². The lowest BCUT2D eigenvalue weighted by Gasteiger charge is -2.28. The fourth-order valence-corrected chi connectivity index (χ4v) is 7.03. The maximum atomic E-state index is 14.0. The molecular formula is C44H73N17O21. The molecular weight excluding hydrogens is 1100 g/mol. The largest absolute Gasteiger partial charge is 0.481 e. The third-order valence-corrected chi connectivity index (χ3v) is 11.1. The number of amides is 11. The Morgan fingerprint density at radius 2 is 0.671 bits per heavy atom. The van der Waals surface area contributed by atoms with Crippen LogP contribution in [0.5, 0.6) is 0 Å². The quantitative estimate of drug-likeness (QED) is 0.0153. The molecule has 0 bridgehead atoms. The molecule has 0 saturated heterocycles. The molecule has 9 atom stereocenters. The molecule has 0 aromatic rings. The third-order valence-electron chi connectivity index (χ3n) is 11.1. The fourth-order valence-electron chi connectivity index (χ4n) is 7.03. The van der Waals surface area contributed by atoms with Gasteiger partial charge in [0, 0.05) is 45.9 Å². The summed E-state index contributed by atoms with van der Waals surface area (Å²) in [4.78, 5) is 191. The second-order valence-electron chi connectivity index (χ2n) is 17.9. The summed E-state index contributed by atoms with van der Waals surface area (Å²) in [6, 6.07) is -16.6. The van der Waals surface area contributed by atoms with Crippen LogP contribution in [0.25, 0.3) is 0 Å². The summed E-state index contributed by atoms with van der Waals surface area (Å²) in [6.45, 7) is -0.976. The van der Waals surface area contributed by atoms with Gasteiger partial charge in [-0.25, -0.2) is 0 Å².